The van der Waals surface area contributed by atoms with Crippen molar-refractivity contribution in [3.63, 3.8) is 0 Å². The van der Waals surface area contributed by atoms with Gasteiger partial charge in [0.25, 0.3) is 0 Å². The molecule has 0 saturated carbocycles. The van der Waals surface area contributed by atoms with Gasteiger partial charge in [-0.15, -0.1) is 0 Å². The molecule has 18 heavy (non-hydrogen) atoms. The van der Waals surface area contributed by atoms with E-state index in [9.17, 15) is 5.11 Å². The van der Waals surface area contributed by atoms with Crippen LogP contribution in [0.4, 0.5) is 0 Å². The summed E-state index contributed by atoms with van der Waals surface area (Å²) in [5.41, 5.74) is 1.66. The second kappa shape index (κ2) is 6.24. The first-order chi connectivity index (χ1) is 8.58. The number of hydrogen-bond donors (Lipinski definition) is 1. The van der Waals surface area contributed by atoms with Gasteiger partial charge in [-0.3, -0.25) is 0 Å². The molecule has 0 amide bonds. The Morgan fingerprint density at radius 3 is 2.28 bits per heavy atom. The summed E-state index contributed by atoms with van der Waals surface area (Å²) in [7, 11) is 0. The molecule has 0 heterocycles. The number of benzene rings is 2. The van der Waals surface area contributed by atoms with E-state index < -0.39 is 6.10 Å². The summed E-state index contributed by atoms with van der Waals surface area (Å²) in [6, 6.07) is 13.1. The summed E-state index contributed by atoms with van der Waals surface area (Å²) >= 11 is 14.4. The first-order valence-electron chi connectivity index (χ1n) is 5.44. The van der Waals surface area contributed by atoms with Crippen LogP contribution in [-0.2, 0) is 6.42 Å². The molecule has 2 rings (SSSR count). The second-order valence-corrected chi connectivity index (χ2v) is 6.04. The van der Waals surface area contributed by atoms with E-state index in [0.717, 1.165) is 14.7 Å². The van der Waals surface area contributed by atoms with Crippen molar-refractivity contribution in [2.75, 3.05) is 0 Å². The maximum absolute atomic E-state index is 10.2. The zero-order valence-corrected chi connectivity index (χ0v) is 13.1. The van der Waals surface area contributed by atoms with Crippen LogP contribution >= 0.6 is 45.8 Å². The maximum Gasteiger partial charge on any atom is 0.0831 e. The molecule has 0 bridgehead atoms. The number of rotatable bonds is 3. The molecular formula is C14H11Cl2IO. The molecule has 0 aliphatic carbocycles. The topological polar surface area (TPSA) is 20.2 Å². The van der Waals surface area contributed by atoms with Gasteiger partial charge in [-0.05, 0) is 58.0 Å². The molecule has 1 nitrogen and oxygen atoms in total. The van der Waals surface area contributed by atoms with E-state index in [0.29, 0.717) is 16.5 Å². The van der Waals surface area contributed by atoms with E-state index in [1.807, 2.05) is 24.3 Å². The van der Waals surface area contributed by atoms with Gasteiger partial charge in [0, 0.05) is 20.0 Å². The van der Waals surface area contributed by atoms with Crippen molar-refractivity contribution in [3.8, 4) is 0 Å². The highest BCUT2D eigenvalue weighted by molar-refractivity contribution is 14.1. The summed E-state index contributed by atoms with van der Waals surface area (Å²) in [4.78, 5) is 0. The molecule has 2 aromatic rings. The number of halogens is 3. The molecule has 1 unspecified atom stereocenters. The Labute approximate surface area is 130 Å². The summed E-state index contributed by atoms with van der Waals surface area (Å²) < 4.78 is 1.09. The lowest BCUT2D eigenvalue weighted by Crippen LogP contribution is -2.03. The van der Waals surface area contributed by atoms with Crippen LogP contribution in [0.2, 0.25) is 10.0 Å². The standard InChI is InChI=1S/C14H11Cl2IO/c15-12-5-2-6-13(16)11(12)8-14(18)9-3-1-4-10(17)7-9/h1-7,14,18H,8H2. The van der Waals surface area contributed by atoms with Crippen LogP contribution in [-0.4, -0.2) is 5.11 Å². The molecule has 2 aromatic carbocycles. The maximum atomic E-state index is 10.2. The molecule has 0 fully saturated rings. The van der Waals surface area contributed by atoms with Crippen LogP contribution in [0.15, 0.2) is 42.5 Å². The molecule has 1 N–H and O–H groups in total. The van der Waals surface area contributed by atoms with Gasteiger partial charge >= 0.3 is 0 Å². The van der Waals surface area contributed by atoms with Gasteiger partial charge in [-0.2, -0.15) is 0 Å². The number of hydrogen-bond acceptors (Lipinski definition) is 1. The summed E-state index contributed by atoms with van der Waals surface area (Å²) in [5, 5.41) is 11.4. The van der Waals surface area contributed by atoms with Gasteiger partial charge < -0.3 is 5.11 Å². The second-order valence-electron chi connectivity index (χ2n) is 3.98. The Kier molecular flexibility index (Phi) is 4.90. The first kappa shape index (κ1) is 14.1. The number of aliphatic hydroxyl groups is 1. The zero-order chi connectivity index (χ0) is 13.1. The van der Waals surface area contributed by atoms with Crippen LogP contribution < -0.4 is 0 Å². The van der Waals surface area contributed by atoms with Gasteiger partial charge in [-0.1, -0.05) is 41.4 Å². The van der Waals surface area contributed by atoms with Crippen LogP contribution in [0, 0.1) is 3.57 Å². The lowest BCUT2D eigenvalue weighted by molar-refractivity contribution is 0.178. The summed E-state index contributed by atoms with van der Waals surface area (Å²) in [6.45, 7) is 0. The van der Waals surface area contributed by atoms with Crippen LogP contribution in [0.25, 0.3) is 0 Å². The minimum atomic E-state index is -0.600. The van der Waals surface area contributed by atoms with Crippen LogP contribution in [0.3, 0.4) is 0 Å². The average Bonchev–Trinajstić information content (AvgIpc) is 2.34. The van der Waals surface area contributed by atoms with E-state index in [1.54, 1.807) is 18.2 Å². The molecule has 94 valence electrons. The molecule has 0 aromatic heterocycles. The van der Waals surface area contributed by atoms with Gasteiger partial charge in [0.05, 0.1) is 6.10 Å². The third-order valence-electron chi connectivity index (χ3n) is 2.69. The molecule has 0 saturated heterocycles. The minimum absolute atomic E-state index is 0.415. The molecule has 0 spiro atoms. The van der Waals surface area contributed by atoms with E-state index >= 15 is 0 Å². The van der Waals surface area contributed by atoms with Gasteiger partial charge in [0.2, 0.25) is 0 Å². The highest BCUT2D eigenvalue weighted by Crippen LogP contribution is 2.29. The Morgan fingerprint density at radius 1 is 1.06 bits per heavy atom. The van der Waals surface area contributed by atoms with E-state index in [-0.39, 0.29) is 0 Å². The van der Waals surface area contributed by atoms with Crippen molar-refractivity contribution in [3.05, 3.63) is 67.2 Å². The SMILES string of the molecule is OC(Cc1c(Cl)cccc1Cl)c1cccc(I)c1. The third kappa shape index (κ3) is 3.38. The smallest absolute Gasteiger partial charge is 0.0831 e. The Morgan fingerprint density at radius 2 is 1.67 bits per heavy atom. The van der Waals surface area contributed by atoms with E-state index in [2.05, 4.69) is 22.6 Å². The van der Waals surface area contributed by atoms with Crippen LogP contribution in [0.5, 0.6) is 0 Å². The Bertz CT molecular complexity index is 537. The van der Waals surface area contributed by atoms with Crippen LogP contribution in [0.1, 0.15) is 17.2 Å². The summed E-state index contributed by atoms with van der Waals surface area (Å²) in [5.74, 6) is 0. The lowest BCUT2D eigenvalue weighted by Gasteiger charge is -2.13. The van der Waals surface area contributed by atoms with Crippen molar-refractivity contribution in [2.24, 2.45) is 0 Å². The van der Waals surface area contributed by atoms with E-state index in [1.165, 1.54) is 0 Å². The average molecular weight is 393 g/mol. The van der Waals surface area contributed by atoms with Crippen molar-refractivity contribution in [2.45, 2.75) is 12.5 Å². The highest BCUT2D eigenvalue weighted by Gasteiger charge is 2.13. The van der Waals surface area contributed by atoms with Crippen molar-refractivity contribution in [1.82, 2.24) is 0 Å². The van der Waals surface area contributed by atoms with Crippen molar-refractivity contribution in [1.29, 1.82) is 0 Å². The molecular weight excluding hydrogens is 382 g/mol. The molecule has 0 aliphatic rings. The van der Waals surface area contributed by atoms with Crippen molar-refractivity contribution < 1.29 is 5.11 Å². The fourth-order valence-corrected chi connectivity index (χ4v) is 2.87. The Balaban J connectivity index is 2.24. The third-order valence-corrected chi connectivity index (χ3v) is 4.07. The summed E-state index contributed by atoms with van der Waals surface area (Å²) in [6.07, 6.45) is -0.185. The molecule has 4 heteroatoms. The van der Waals surface area contributed by atoms with Crippen molar-refractivity contribution >= 4 is 45.8 Å². The zero-order valence-electron chi connectivity index (χ0n) is 9.41. The van der Waals surface area contributed by atoms with Gasteiger partial charge in [0.1, 0.15) is 0 Å². The quantitative estimate of drug-likeness (QED) is 0.738. The normalized spacial score (nSPS) is 12.4. The largest absolute Gasteiger partial charge is 0.388 e. The minimum Gasteiger partial charge on any atom is -0.388 e. The fourth-order valence-electron chi connectivity index (χ4n) is 1.75. The monoisotopic (exact) mass is 392 g/mol. The lowest BCUT2D eigenvalue weighted by atomic mass is 10.0. The van der Waals surface area contributed by atoms with Gasteiger partial charge in [0.15, 0.2) is 0 Å². The first-order valence-corrected chi connectivity index (χ1v) is 7.28. The predicted octanol–water partition coefficient (Wildman–Crippen LogP) is 4.87. The molecule has 1 atom stereocenters. The van der Waals surface area contributed by atoms with E-state index in [4.69, 9.17) is 23.2 Å². The molecule has 0 aliphatic heterocycles. The predicted molar refractivity (Wildman–Crippen MR) is 84.3 cm³/mol. The van der Waals surface area contributed by atoms with Gasteiger partial charge in [-0.25, -0.2) is 0 Å². The molecule has 0 radical (unpaired) electrons. The highest BCUT2D eigenvalue weighted by atomic mass is 127. The fraction of sp³-hybridized carbons (Fsp3) is 0.143. The number of aliphatic hydroxyl groups excluding tert-OH is 1. The Hall–Kier alpha value is -0.290.